The van der Waals surface area contributed by atoms with Crippen LogP contribution in [0.5, 0.6) is 0 Å². The molecule has 0 bridgehead atoms. The van der Waals surface area contributed by atoms with Gasteiger partial charge in [0.2, 0.25) is 0 Å². The lowest BCUT2D eigenvalue weighted by Crippen LogP contribution is -2.31. The highest BCUT2D eigenvalue weighted by Gasteiger charge is 2.36. The first-order chi connectivity index (χ1) is 10.0. The molecular weight excluding hydrogens is 260 g/mol. The van der Waals surface area contributed by atoms with E-state index in [2.05, 4.69) is 45.0 Å². The van der Waals surface area contributed by atoms with Crippen LogP contribution in [-0.4, -0.2) is 11.1 Å². The molecule has 0 heterocycles. The van der Waals surface area contributed by atoms with Gasteiger partial charge in [0, 0.05) is 0 Å². The van der Waals surface area contributed by atoms with Gasteiger partial charge in [0.05, 0.1) is 5.92 Å². The number of hydrogen-bond acceptors (Lipinski definition) is 1. The van der Waals surface area contributed by atoms with Crippen molar-refractivity contribution in [2.75, 3.05) is 0 Å². The molecule has 0 spiro atoms. The number of hydrogen-bond donors (Lipinski definition) is 1. The van der Waals surface area contributed by atoms with Crippen molar-refractivity contribution in [1.29, 1.82) is 0 Å². The first-order valence-corrected chi connectivity index (χ1v) is 8.34. The molecule has 1 aliphatic rings. The van der Waals surface area contributed by atoms with E-state index in [0.29, 0.717) is 11.8 Å². The Morgan fingerprint density at radius 2 is 1.90 bits per heavy atom. The molecule has 0 amide bonds. The van der Waals surface area contributed by atoms with Crippen LogP contribution in [0.1, 0.15) is 63.5 Å². The standard InChI is InChI=1S/C19H28O2/c1-4-5-14-6-8-15(9-7-14)18-12-16(13(2)3)10-11-17(18)19(20)21/h6-9,13,16-18H,4-5,10-12H2,1-3H3,(H,20,21). The average molecular weight is 288 g/mol. The maximum absolute atomic E-state index is 11.6. The molecule has 0 aromatic heterocycles. The van der Waals surface area contributed by atoms with Crippen molar-refractivity contribution in [2.45, 2.75) is 58.8 Å². The predicted molar refractivity (Wildman–Crippen MR) is 86.5 cm³/mol. The van der Waals surface area contributed by atoms with Crippen molar-refractivity contribution < 1.29 is 9.90 Å². The molecule has 116 valence electrons. The third-order valence-corrected chi connectivity index (χ3v) is 5.10. The molecular formula is C19H28O2. The number of carbonyl (C=O) groups is 1. The second-order valence-electron chi connectivity index (χ2n) is 6.86. The van der Waals surface area contributed by atoms with Crippen LogP contribution in [0.25, 0.3) is 0 Å². The van der Waals surface area contributed by atoms with Gasteiger partial charge in [0.1, 0.15) is 0 Å². The number of aryl methyl sites for hydroxylation is 1. The first kappa shape index (κ1) is 16.1. The molecule has 3 unspecified atom stereocenters. The van der Waals surface area contributed by atoms with Crippen molar-refractivity contribution in [3.63, 3.8) is 0 Å². The Bertz CT molecular complexity index is 461. The van der Waals surface area contributed by atoms with E-state index in [9.17, 15) is 9.90 Å². The Kier molecular flexibility index (Phi) is 5.44. The SMILES string of the molecule is CCCc1ccc(C2CC(C(C)C)CCC2C(=O)O)cc1. The fourth-order valence-corrected chi connectivity index (χ4v) is 3.69. The van der Waals surface area contributed by atoms with Gasteiger partial charge in [-0.3, -0.25) is 4.79 Å². The molecule has 1 N–H and O–H groups in total. The minimum absolute atomic E-state index is 0.180. The monoisotopic (exact) mass is 288 g/mol. The highest BCUT2D eigenvalue weighted by Crippen LogP contribution is 2.43. The Morgan fingerprint density at radius 1 is 1.24 bits per heavy atom. The van der Waals surface area contributed by atoms with Crippen LogP contribution in [0.4, 0.5) is 0 Å². The van der Waals surface area contributed by atoms with Gasteiger partial charge in [-0.05, 0) is 54.6 Å². The quantitative estimate of drug-likeness (QED) is 0.838. The topological polar surface area (TPSA) is 37.3 Å². The summed E-state index contributed by atoms with van der Waals surface area (Å²) in [5.41, 5.74) is 2.57. The van der Waals surface area contributed by atoms with E-state index >= 15 is 0 Å². The van der Waals surface area contributed by atoms with E-state index < -0.39 is 5.97 Å². The summed E-state index contributed by atoms with van der Waals surface area (Å²) in [5.74, 6) is 0.638. The molecule has 2 heteroatoms. The molecule has 1 aromatic carbocycles. The van der Waals surface area contributed by atoms with Gasteiger partial charge in [-0.15, -0.1) is 0 Å². The van der Waals surface area contributed by atoms with E-state index in [0.717, 1.165) is 32.1 Å². The van der Waals surface area contributed by atoms with Gasteiger partial charge in [-0.2, -0.15) is 0 Å². The van der Waals surface area contributed by atoms with E-state index in [1.807, 2.05) is 0 Å². The van der Waals surface area contributed by atoms with Gasteiger partial charge in [-0.25, -0.2) is 0 Å². The Hall–Kier alpha value is -1.31. The molecule has 1 aromatic rings. The number of aliphatic carboxylic acids is 1. The zero-order valence-corrected chi connectivity index (χ0v) is 13.5. The van der Waals surface area contributed by atoms with E-state index in [-0.39, 0.29) is 11.8 Å². The second-order valence-corrected chi connectivity index (χ2v) is 6.86. The summed E-state index contributed by atoms with van der Waals surface area (Å²) in [5, 5.41) is 9.53. The predicted octanol–water partition coefficient (Wildman–Crippen LogP) is 4.88. The lowest BCUT2D eigenvalue weighted by molar-refractivity contribution is -0.144. The van der Waals surface area contributed by atoms with Crippen LogP contribution in [0.2, 0.25) is 0 Å². The van der Waals surface area contributed by atoms with Crippen molar-refractivity contribution in [3.05, 3.63) is 35.4 Å². The number of carboxylic acids is 1. The van der Waals surface area contributed by atoms with Crippen LogP contribution in [0.15, 0.2) is 24.3 Å². The summed E-state index contributed by atoms with van der Waals surface area (Å²) in [7, 11) is 0. The zero-order chi connectivity index (χ0) is 15.4. The summed E-state index contributed by atoms with van der Waals surface area (Å²) >= 11 is 0. The average Bonchev–Trinajstić information content (AvgIpc) is 2.47. The van der Waals surface area contributed by atoms with Gasteiger partial charge in [0.25, 0.3) is 0 Å². The summed E-state index contributed by atoms with van der Waals surface area (Å²) in [6, 6.07) is 8.68. The number of benzene rings is 1. The molecule has 21 heavy (non-hydrogen) atoms. The van der Waals surface area contributed by atoms with Crippen LogP contribution in [0, 0.1) is 17.8 Å². The fraction of sp³-hybridized carbons (Fsp3) is 0.632. The van der Waals surface area contributed by atoms with Crippen molar-refractivity contribution in [3.8, 4) is 0 Å². The Balaban J connectivity index is 2.20. The van der Waals surface area contributed by atoms with Crippen LogP contribution in [-0.2, 0) is 11.2 Å². The minimum Gasteiger partial charge on any atom is -0.481 e. The molecule has 1 saturated carbocycles. The molecule has 0 saturated heterocycles. The molecule has 0 radical (unpaired) electrons. The van der Waals surface area contributed by atoms with Gasteiger partial charge >= 0.3 is 5.97 Å². The Labute approximate surface area is 128 Å². The largest absolute Gasteiger partial charge is 0.481 e. The van der Waals surface area contributed by atoms with Crippen LogP contribution >= 0.6 is 0 Å². The van der Waals surface area contributed by atoms with E-state index in [4.69, 9.17) is 0 Å². The van der Waals surface area contributed by atoms with Crippen LogP contribution in [0.3, 0.4) is 0 Å². The molecule has 3 atom stereocenters. The second kappa shape index (κ2) is 7.11. The normalized spacial score (nSPS) is 26.0. The molecule has 1 aliphatic carbocycles. The first-order valence-electron chi connectivity index (χ1n) is 8.34. The smallest absolute Gasteiger partial charge is 0.307 e. The van der Waals surface area contributed by atoms with E-state index in [1.54, 1.807) is 0 Å². The third-order valence-electron chi connectivity index (χ3n) is 5.10. The van der Waals surface area contributed by atoms with Crippen LogP contribution < -0.4 is 0 Å². The van der Waals surface area contributed by atoms with E-state index in [1.165, 1.54) is 11.1 Å². The summed E-state index contributed by atoms with van der Waals surface area (Å²) in [6.45, 7) is 6.70. The number of carboxylic acid groups (broad SMARTS) is 1. The number of rotatable bonds is 5. The minimum atomic E-state index is -0.625. The summed E-state index contributed by atoms with van der Waals surface area (Å²) < 4.78 is 0. The van der Waals surface area contributed by atoms with Crippen molar-refractivity contribution in [2.24, 2.45) is 17.8 Å². The zero-order valence-electron chi connectivity index (χ0n) is 13.5. The summed E-state index contributed by atoms with van der Waals surface area (Å²) in [6.07, 6.45) is 5.14. The molecule has 0 aliphatic heterocycles. The van der Waals surface area contributed by atoms with Gasteiger partial charge in [-0.1, -0.05) is 51.5 Å². The fourth-order valence-electron chi connectivity index (χ4n) is 3.69. The maximum Gasteiger partial charge on any atom is 0.307 e. The lowest BCUT2D eigenvalue weighted by atomic mass is 9.68. The molecule has 2 rings (SSSR count). The van der Waals surface area contributed by atoms with Crippen molar-refractivity contribution in [1.82, 2.24) is 0 Å². The molecule has 1 fully saturated rings. The lowest BCUT2D eigenvalue weighted by Gasteiger charge is -2.36. The highest BCUT2D eigenvalue weighted by molar-refractivity contribution is 5.71. The van der Waals surface area contributed by atoms with Crippen molar-refractivity contribution >= 4 is 5.97 Å². The van der Waals surface area contributed by atoms with Gasteiger partial charge < -0.3 is 5.11 Å². The van der Waals surface area contributed by atoms with Gasteiger partial charge in [0.15, 0.2) is 0 Å². The maximum atomic E-state index is 11.6. The Morgan fingerprint density at radius 3 is 2.43 bits per heavy atom. The summed E-state index contributed by atoms with van der Waals surface area (Å²) in [4.78, 5) is 11.6. The highest BCUT2D eigenvalue weighted by atomic mass is 16.4. The third kappa shape index (κ3) is 3.87. The molecule has 2 nitrogen and oxygen atoms in total.